The molecule has 0 aliphatic rings. The van der Waals surface area contributed by atoms with Crippen LogP contribution >= 0.6 is 0 Å². The Bertz CT molecular complexity index is 406. The van der Waals surface area contributed by atoms with Crippen LogP contribution in [0.15, 0.2) is 16.8 Å². The van der Waals surface area contributed by atoms with Crippen molar-refractivity contribution in [2.24, 2.45) is 0 Å². The fourth-order valence-corrected chi connectivity index (χ4v) is 1.24. The molecule has 2 heterocycles. The zero-order valence-corrected chi connectivity index (χ0v) is 7.16. The van der Waals surface area contributed by atoms with Crippen molar-refractivity contribution in [2.75, 3.05) is 0 Å². The van der Waals surface area contributed by atoms with Crippen LogP contribution in [-0.2, 0) is 6.42 Å². The number of hydrogen-bond donors (Lipinski definition) is 0. The number of fused-ring (bicyclic) bond motifs is 1. The average molecular weight is 162 g/mol. The van der Waals surface area contributed by atoms with Crippen LogP contribution in [0.4, 0.5) is 0 Å². The van der Waals surface area contributed by atoms with Crippen molar-refractivity contribution in [1.82, 2.24) is 10.1 Å². The highest BCUT2D eigenvalue weighted by Gasteiger charge is 2.06. The van der Waals surface area contributed by atoms with E-state index in [4.69, 9.17) is 4.52 Å². The van der Waals surface area contributed by atoms with E-state index in [0.29, 0.717) is 5.71 Å². The molecule has 2 rings (SSSR count). The lowest BCUT2D eigenvalue weighted by atomic mass is 10.2. The quantitative estimate of drug-likeness (QED) is 0.644. The Morgan fingerprint density at radius 2 is 2.33 bits per heavy atom. The largest absolute Gasteiger partial charge is 0.336 e. The highest BCUT2D eigenvalue weighted by atomic mass is 16.5. The summed E-state index contributed by atoms with van der Waals surface area (Å²) >= 11 is 0. The maximum atomic E-state index is 5.03. The minimum atomic E-state index is 0.637. The van der Waals surface area contributed by atoms with Crippen LogP contribution in [0, 0.1) is 6.92 Å². The highest BCUT2D eigenvalue weighted by molar-refractivity contribution is 5.76. The molecule has 0 radical (unpaired) electrons. The van der Waals surface area contributed by atoms with Crippen LogP contribution in [0.1, 0.15) is 18.2 Å². The standard InChI is InChI=1S/C9H10N2O/c1-3-8-7-4-6(2)5-10-9(7)12-11-8/h4-5H,3H2,1-2H3. The summed E-state index contributed by atoms with van der Waals surface area (Å²) in [5, 5.41) is 4.96. The first kappa shape index (κ1) is 7.28. The first-order chi connectivity index (χ1) is 5.81. The molecule has 0 aliphatic carbocycles. The van der Waals surface area contributed by atoms with Crippen molar-refractivity contribution in [3.8, 4) is 0 Å². The molecule has 0 unspecified atom stereocenters. The summed E-state index contributed by atoms with van der Waals surface area (Å²) in [4.78, 5) is 4.12. The molecule has 2 aromatic heterocycles. The average Bonchev–Trinajstić information content (AvgIpc) is 2.46. The van der Waals surface area contributed by atoms with Crippen molar-refractivity contribution in [3.63, 3.8) is 0 Å². The predicted octanol–water partition coefficient (Wildman–Crippen LogP) is 2.09. The van der Waals surface area contributed by atoms with E-state index in [9.17, 15) is 0 Å². The Labute approximate surface area is 70.4 Å². The summed E-state index contributed by atoms with van der Waals surface area (Å²) < 4.78 is 5.03. The van der Waals surface area contributed by atoms with Crippen molar-refractivity contribution < 1.29 is 4.52 Å². The van der Waals surface area contributed by atoms with E-state index in [-0.39, 0.29) is 0 Å². The zero-order chi connectivity index (χ0) is 8.55. The third-order valence-corrected chi connectivity index (χ3v) is 1.88. The summed E-state index contributed by atoms with van der Waals surface area (Å²) in [7, 11) is 0. The molecule has 62 valence electrons. The molecule has 2 aromatic rings. The summed E-state index contributed by atoms with van der Waals surface area (Å²) in [5.41, 5.74) is 2.76. The van der Waals surface area contributed by atoms with Gasteiger partial charge in [-0.2, -0.15) is 0 Å². The fourth-order valence-electron chi connectivity index (χ4n) is 1.24. The number of rotatable bonds is 1. The Morgan fingerprint density at radius 1 is 1.50 bits per heavy atom. The molecule has 0 bridgehead atoms. The lowest BCUT2D eigenvalue weighted by Gasteiger charge is -1.90. The van der Waals surface area contributed by atoms with Gasteiger partial charge in [0.1, 0.15) is 0 Å². The number of nitrogens with zero attached hydrogens (tertiary/aromatic N) is 2. The first-order valence-electron chi connectivity index (χ1n) is 4.02. The van der Waals surface area contributed by atoms with Gasteiger partial charge >= 0.3 is 0 Å². The third-order valence-electron chi connectivity index (χ3n) is 1.88. The molecular weight excluding hydrogens is 152 g/mol. The van der Waals surface area contributed by atoms with E-state index >= 15 is 0 Å². The van der Waals surface area contributed by atoms with Gasteiger partial charge in [-0.25, -0.2) is 4.98 Å². The van der Waals surface area contributed by atoms with E-state index in [1.54, 1.807) is 6.20 Å². The number of aromatic nitrogens is 2. The molecule has 3 nitrogen and oxygen atoms in total. The lowest BCUT2D eigenvalue weighted by Crippen LogP contribution is -1.81. The van der Waals surface area contributed by atoms with Gasteiger partial charge in [-0.1, -0.05) is 12.1 Å². The molecule has 0 saturated carbocycles. The molecule has 0 spiro atoms. The van der Waals surface area contributed by atoms with Crippen LogP contribution in [0.2, 0.25) is 0 Å². The van der Waals surface area contributed by atoms with Gasteiger partial charge < -0.3 is 4.52 Å². The smallest absolute Gasteiger partial charge is 0.257 e. The molecule has 0 amide bonds. The van der Waals surface area contributed by atoms with Crippen molar-refractivity contribution >= 4 is 11.1 Å². The number of aryl methyl sites for hydroxylation is 2. The van der Waals surface area contributed by atoms with E-state index in [1.807, 2.05) is 6.92 Å². The molecule has 0 aromatic carbocycles. The SMILES string of the molecule is CCc1noc2ncc(C)cc12. The molecular formula is C9H10N2O. The van der Waals surface area contributed by atoms with Gasteiger partial charge in [-0.15, -0.1) is 0 Å². The molecule has 3 heteroatoms. The van der Waals surface area contributed by atoms with Crippen LogP contribution in [0.5, 0.6) is 0 Å². The molecule has 0 atom stereocenters. The van der Waals surface area contributed by atoms with Crippen molar-refractivity contribution in [3.05, 3.63) is 23.5 Å². The number of pyridine rings is 1. The minimum Gasteiger partial charge on any atom is -0.336 e. The van der Waals surface area contributed by atoms with Gasteiger partial charge in [0.05, 0.1) is 11.1 Å². The van der Waals surface area contributed by atoms with E-state index < -0.39 is 0 Å². The summed E-state index contributed by atoms with van der Waals surface area (Å²) in [5.74, 6) is 0. The fraction of sp³-hybridized carbons (Fsp3) is 0.333. The van der Waals surface area contributed by atoms with Gasteiger partial charge in [0.15, 0.2) is 0 Å². The Balaban J connectivity index is 2.75. The van der Waals surface area contributed by atoms with Crippen LogP contribution in [-0.4, -0.2) is 10.1 Å². The Kier molecular flexibility index (Phi) is 1.57. The predicted molar refractivity (Wildman–Crippen MR) is 45.9 cm³/mol. The maximum absolute atomic E-state index is 5.03. The van der Waals surface area contributed by atoms with Crippen molar-refractivity contribution in [1.29, 1.82) is 0 Å². The Morgan fingerprint density at radius 3 is 3.08 bits per heavy atom. The van der Waals surface area contributed by atoms with E-state index in [0.717, 1.165) is 23.1 Å². The van der Waals surface area contributed by atoms with Gasteiger partial charge in [-0.3, -0.25) is 0 Å². The molecule has 0 fully saturated rings. The number of hydrogen-bond acceptors (Lipinski definition) is 3. The first-order valence-corrected chi connectivity index (χ1v) is 4.02. The molecule has 0 aliphatic heterocycles. The van der Waals surface area contributed by atoms with Gasteiger partial charge in [-0.05, 0) is 25.0 Å². The van der Waals surface area contributed by atoms with Gasteiger partial charge in [0.25, 0.3) is 5.71 Å². The zero-order valence-electron chi connectivity index (χ0n) is 7.16. The molecule has 0 saturated heterocycles. The van der Waals surface area contributed by atoms with Crippen molar-refractivity contribution in [2.45, 2.75) is 20.3 Å². The molecule has 12 heavy (non-hydrogen) atoms. The lowest BCUT2D eigenvalue weighted by molar-refractivity contribution is 0.440. The molecule has 0 N–H and O–H groups in total. The second kappa shape index (κ2) is 2.59. The minimum absolute atomic E-state index is 0.637. The summed E-state index contributed by atoms with van der Waals surface area (Å²) in [6, 6.07) is 2.05. The second-order valence-electron chi connectivity index (χ2n) is 2.85. The third kappa shape index (κ3) is 0.978. The normalized spacial score (nSPS) is 10.8. The van der Waals surface area contributed by atoms with Gasteiger partial charge in [0.2, 0.25) is 0 Å². The van der Waals surface area contributed by atoms with Gasteiger partial charge in [0, 0.05) is 6.20 Å². The van der Waals surface area contributed by atoms with Crippen LogP contribution in [0.3, 0.4) is 0 Å². The van der Waals surface area contributed by atoms with E-state index in [2.05, 4.69) is 23.1 Å². The highest BCUT2D eigenvalue weighted by Crippen LogP contribution is 2.17. The topological polar surface area (TPSA) is 38.9 Å². The van der Waals surface area contributed by atoms with E-state index in [1.165, 1.54) is 0 Å². The Hall–Kier alpha value is -1.38. The van der Waals surface area contributed by atoms with Crippen LogP contribution in [0.25, 0.3) is 11.1 Å². The monoisotopic (exact) mass is 162 g/mol. The van der Waals surface area contributed by atoms with Crippen LogP contribution < -0.4 is 0 Å². The summed E-state index contributed by atoms with van der Waals surface area (Å²) in [6.45, 7) is 4.07. The maximum Gasteiger partial charge on any atom is 0.257 e. The second-order valence-corrected chi connectivity index (χ2v) is 2.85. The summed E-state index contributed by atoms with van der Waals surface area (Å²) in [6.07, 6.45) is 2.67.